The van der Waals surface area contributed by atoms with Crippen LogP contribution in [0.25, 0.3) is 0 Å². The lowest BCUT2D eigenvalue weighted by Gasteiger charge is -2.28. The van der Waals surface area contributed by atoms with Gasteiger partial charge >= 0.3 is 0 Å². The Labute approximate surface area is 132 Å². The van der Waals surface area contributed by atoms with Crippen LogP contribution in [-0.4, -0.2) is 50.2 Å². The van der Waals surface area contributed by atoms with E-state index < -0.39 is 0 Å². The highest BCUT2D eigenvalue weighted by atomic mass is 16.5. The zero-order valence-corrected chi connectivity index (χ0v) is 13.0. The van der Waals surface area contributed by atoms with Crippen molar-refractivity contribution in [3.05, 3.63) is 30.3 Å². The van der Waals surface area contributed by atoms with Crippen molar-refractivity contribution in [2.75, 3.05) is 44.3 Å². The van der Waals surface area contributed by atoms with E-state index in [2.05, 4.69) is 40.1 Å². The van der Waals surface area contributed by atoms with Gasteiger partial charge in [0.15, 0.2) is 0 Å². The van der Waals surface area contributed by atoms with Crippen molar-refractivity contribution in [2.45, 2.75) is 12.8 Å². The highest BCUT2D eigenvalue weighted by Gasteiger charge is 2.42. The fraction of sp³-hybridized carbons (Fsp3) is 0.611. The van der Waals surface area contributed by atoms with E-state index in [9.17, 15) is 4.79 Å². The molecule has 4 heteroatoms. The monoisotopic (exact) mass is 300 g/mol. The van der Waals surface area contributed by atoms with Crippen molar-refractivity contribution in [2.24, 2.45) is 17.8 Å². The SMILES string of the molecule is O=C([C@@H]1CCCOC1)N1C[C@@H]2CN(c3ccccc3)C[C@@H]2C1. The molecule has 22 heavy (non-hydrogen) atoms. The number of fused-ring (bicyclic) bond motifs is 1. The summed E-state index contributed by atoms with van der Waals surface area (Å²) in [6.07, 6.45) is 2.03. The summed E-state index contributed by atoms with van der Waals surface area (Å²) >= 11 is 0. The van der Waals surface area contributed by atoms with E-state index in [0.717, 1.165) is 45.6 Å². The number of ether oxygens (including phenoxy) is 1. The normalized spacial score (nSPS) is 31.4. The summed E-state index contributed by atoms with van der Waals surface area (Å²) in [5, 5.41) is 0. The molecule has 3 fully saturated rings. The maximum atomic E-state index is 12.6. The highest BCUT2D eigenvalue weighted by molar-refractivity contribution is 5.79. The minimum Gasteiger partial charge on any atom is -0.381 e. The molecule has 118 valence electrons. The number of carbonyl (C=O) groups excluding carboxylic acids is 1. The molecular weight excluding hydrogens is 276 g/mol. The van der Waals surface area contributed by atoms with Gasteiger partial charge in [-0.3, -0.25) is 4.79 Å². The Morgan fingerprint density at radius 2 is 1.77 bits per heavy atom. The van der Waals surface area contributed by atoms with Gasteiger partial charge in [0.05, 0.1) is 12.5 Å². The first-order chi connectivity index (χ1) is 10.8. The van der Waals surface area contributed by atoms with E-state index in [1.165, 1.54) is 5.69 Å². The number of carbonyl (C=O) groups is 1. The van der Waals surface area contributed by atoms with E-state index in [4.69, 9.17) is 4.74 Å². The number of anilines is 1. The molecule has 1 amide bonds. The zero-order chi connectivity index (χ0) is 14.9. The summed E-state index contributed by atoms with van der Waals surface area (Å²) < 4.78 is 5.48. The van der Waals surface area contributed by atoms with E-state index >= 15 is 0 Å². The van der Waals surface area contributed by atoms with Crippen molar-refractivity contribution < 1.29 is 9.53 Å². The van der Waals surface area contributed by atoms with Crippen LogP contribution in [0.1, 0.15) is 12.8 Å². The first-order valence-corrected chi connectivity index (χ1v) is 8.48. The van der Waals surface area contributed by atoms with Crippen LogP contribution in [0.2, 0.25) is 0 Å². The Morgan fingerprint density at radius 1 is 1.05 bits per heavy atom. The van der Waals surface area contributed by atoms with Crippen LogP contribution in [0.15, 0.2) is 30.3 Å². The van der Waals surface area contributed by atoms with Gasteiger partial charge in [0.25, 0.3) is 0 Å². The third-order valence-corrected chi connectivity index (χ3v) is 5.43. The second-order valence-corrected chi connectivity index (χ2v) is 6.92. The quantitative estimate of drug-likeness (QED) is 0.837. The molecule has 3 saturated heterocycles. The van der Waals surface area contributed by atoms with Crippen molar-refractivity contribution in [1.29, 1.82) is 0 Å². The standard InChI is InChI=1S/C18H24N2O2/c21-18(14-5-4-8-22-13-14)20-11-15-9-19(10-16(15)12-20)17-6-2-1-3-7-17/h1-3,6-7,14-16H,4-5,8-13H2/t14-,15-,16+/m1/s1. The van der Waals surface area contributed by atoms with Crippen LogP contribution < -0.4 is 4.90 Å². The third-order valence-electron chi connectivity index (χ3n) is 5.43. The Balaban J connectivity index is 1.36. The van der Waals surface area contributed by atoms with Crippen molar-refractivity contribution >= 4 is 11.6 Å². The molecule has 1 aromatic rings. The minimum absolute atomic E-state index is 0.109. The molecule has 0 N–H and O–H groups in total. The number of benzene rings is 1. The predicted octanol–water partition coefficient (Wildman–Crippen LogP) is 2.01. The van der Waals surface area contributed by atoms with Crippen LogP contribution >= 0.6 is 0 Å². The van der Waals surface area contributed by atoms with Gasteiger partial charge in [-0.2, -0.15) is 0 Å². The molecule has 3 aliphatic rings. The molecule has 0 aliphatic carbocycles. The maximum absolute atomic E-state index is 12.6. The summed E-state index contributed by atoms with van der Waals surface area (Å²) in [7, 11) is 0. The molecule has 0 aromatic heterocycles. The number of hydrogen-bond acceptors (Lipinski definition) is 3. The molecule has 4 nitrogen and oxygen atoms in total. The van der Waals surface area contributed by atoms with Crippen LogP contribution in [0.5, 0.6) is 0 Å². The lowest BCUT2D eigenvalue weighted by atomic mass is 10.0. The number of likely N-dealkylation sites (tertiary alicyclic amines) is 1. The van der Waals surface area contributed by atoms with E-state index in [0.29, 0.717) is 24.3 Å². The summed E-state index contributed by atoms with van der Waals surface area (Å²) in [4.78, 5) is 17.2. The molecule has 3 atom stereocenters. The van der Waals surface area contributed by atoms with Crippen LogP contribution in [0.4, 0.5) is 5.69 Å². The fourth-order valence-electron chi connectivity index (χ4n) is 4.22. The molecular formula is C18H24N2O2. The topological polar surface area (TPSA) is 32.8 Å². The number of amides is 1. The smallest absolute Gasteiger partial charge is 0.228 e. The van der Waals surface area contributed by atoms with E-state index in [1.54, 1.807) is 0 Å². The third kappa shape index (κ3) is 2.60. The number of nitrogens with zero attached hydrogens (tertiary/aromatic N) is 2. The lowest BCUT2D eigenvalue weighted by Crippen LogP contribution is -2.40. The first kappa shape index (κ1) is 14.1. The van der Waals surface area contributed by atoms with Gasteiger partial charge in [0.2, 0.25) is 5.91 Å². The van der Waals surface area contributed by atoms with Gasteiger partial charge in [0.1, 0.15) is 0 Å². The van der Waals surface area contributed by atoms with Crippen molar-refractivity contribution in [1.82, 2.24) is 4.90 Å². The minimum atomic E-state index is 0.109. The van der Waals surface area contributed by atoms with Gasteiger partial charge in [-0.15, -0.1) is 0 Å². The van der Waals surface area contributed by atoms with Gasteiger partial charge in [-0.05, 0) is 25.0 Å². The van der Waals surface area contributed by atoms with Crippen LogP contribution in [-0.2, 0) is 9.53 Å². The van der Waals surface area contributed by atoms with Crippen LogP contribution in [0, 0.1) is 17.8 Å². The van der Waals surface area contributed by atoms with E-state index in [1.807, 2.05) is 0 Å². The Morgan fingerprint density at radius 3 is 2.41 bits per heavy atom. The molecule has 0 radical (unpaired) electrons. The number of hydrogen-bond donors (Lipinski definition) is 0. The molecule has 0 unspecified atom stereocenters. The van der Waals surface area contributed by atoms with Gasteiger partial charge in [-0.1, -0.05) is 18.2 Å². The Hall–Kier alpha value is -1.55. The molecule has 1 aromatic carbocycles. The second kappa shape index (κ2) is 5.92. The summed E-state index contributed by atoms with van der Waals surface area (Å²) in [6, 6.07) is 10.6. The van der Waals surface area contributed by atoms with Crippen molar-refractivity contribution in [3.8, 4) is 0 Å². The van der Waals surface area contributed by atoms with Crippen molar-refractivity contribution in [3.63, 3.8) is 0 Å². The molecule has 3 aliphatic heterocycles. The maximum Gasteiger partial charge on any atom is 0.228 e. The summed E-state index contributed by atoms with van der Waals surface area (Å²) in [5.41, 5.74) is 1.32. The average Bonchev–Trinajstić information content (AvgIpc) is 3.15. The van der Waals surface area contributed by atoms with Gasteiger partial charge in [-0.25, -0.2) is 0 Å². The van der Waals surface area contributed by atoms with Crippen LogP contribution in [0.3, 0.4) is 0 Å². The summed E-state index contributed by atoms with van der Waals surface area (Å²) in [5.74, 6) is 1.71. The molecule has 0 spiro atoms. The summed E-state index contributed by atoms with van der Waals surface area (Å²) in [6.45, 7) is 5.48. The number of para-hydroxylation sites is 1. The predicted molar refractivity (Wildman–Crippen MR) is 85.8 cm³/mol. The van der Waals surface area contributed by atoms with Gasteiger partial charge in [0, 0.05) is 50.3 Å². The lowest BCUT2D eigenvalue weighted by molar-refractivity contribution is -0.138. The zero-order valence-electron chi connectivity index (χ0n) is 13.0. The highest BCUT2D eigenvalue weighted by Crippen LogP contribution is 2.34. The van der Waals surface area contributed by atoms with Gasteiger partial charge < -0.3 is 14.5 Å². The number of rotatable bonds is 2. The molecule has 0 bridgehead atoms. The Kier molecular flexibility index (Phi) is 3.78. The largest absolute Gasteiger partial charge is 0.381 e. The first-order valence-electron chi connectivity index (χ1n) is 8.48. The Bertz CT molecular complexity index is 513. The molecule has 3 heterocycles. The molecule has 4 rings (SSSR count). The average molecular weight is 300 g/mol. The fourth-order valence-corrected chi connectivity index (χ4v) is 4.22. The van der Waals surface area contributed by atoms with E-state index in [-0.39, 0.29) is 5.92 Å². The second-order valence-electron chi connectivity index (χ2n) is 6.92. The molecule has 0 saturated carbocycles.